The van der Waals surface area contributed by atoms with Crippen LogP contribution in [0.4, 0.5) is 35.1 Å². The first-order valence-corrected chi connectivity index (χ1v) is 22.6. The Morgan fingerprint density at radius 3 is 0.803 bits per heavy atom. The molecule has 2 nitrogen and oxygen atoms in total. The molecule has 0 fully saturated rings. The zero-order valence-corrected chi connectivity index (χ0v) is 37.0. The van der Waals surface area contributed by atoms with Crippen LogP contribution in [-0.4, -0.2) is 9.13 Å². The van der Waals surface area contributed by atoms with Crippen molar-refractivity contribution in [2.75, 3.05) is 0 Å². The van der Waals surface area contributed by atoms with Gasteiger partial charge in [0.05, 0.1) is 44.6 Å². The van der Waals surface area contributed by atoms with Gasteiger partial charge in [0.15, 0.2) is 23.3 Å². The van der Waals surface area contributed by atoms with Crippen molar-refractivity contribution in [1.29, 1.82) is 0 Å². The number of benzene rings is 10. The summed E-state index contributed by atoms with van der Waals surface area (Å²) in [5, 5.41) is 2.22. The van der Waals surface area contributed by atoms with Gasteiger partial charge in [0.1, 0.15) is 0 Å². The number of hydrogen-bond acceptors (Lipinski definition) is 0. The Balaban J connectivity index is 1.26. The molecular formula is C61H34F8N2. The lowest BCUT2D eigenvalue weighted by atomic mass is 9.96. The molecule has 12 aromatic rings. The molecule has 0 unspecified atom stereocenters. The van der Waals surface area contributed by atoms with E-state index >= 15 is 35.1 Å². The standard InChI is InChI=1S/C61H34F8N2/c62-56-55(57(63)59(65)60(66)58(56)64)54-52(70-48-25-21-39(35-13-5-1-6-14-35)29-44(48)45-30-40(22-26-49(45)70)36-15-7-2-8-16-36)33-43(61(67,68)69)34-53(54)71-50-27-23-41(37-17-9-3-10-18-37)31-46(50)47-32-42(24-28-51(47)71)38-19-11-4-12-20-38/h1-34H. The summed E-state index contributed by atoms with van der Waals surface area (Å²) < 4.78 is 131. The molecule has 0 aliphatic carbocycles. The molecule has 0 aliphatic rings. The molecule has 0 atom stereocenters. The second kappa shape index (κ2) is 16.7. The van der Waals surface area contributed by atoms with Gasteiger partial charge in [-0.05, 0) is 105 Å². The lowest BCUT2D eigenvalue weighted by Crippen LogP contribution is -2.13. The summed E-state index contributed by atoms with van der Waals surface area (Å²) in [7, 11) is 0. The summed E-state index contributed by atoms with van der Waals surface area (Å²) in [6.45, 7) is 0. The molecule has 10 aromatic carbocycles. The fourth-order valence-electron chi connectivity index (χ4n) is 10.0. The summed E-state index contributed by atoms with van der Waals surface area (Å²) in [5.74, 6) is -11.3. The Morgan fingerprint density at radius 1 is 0.268 bits per heavy atom. The first-order chi connectivity index (χ1) is 34.4. The van der Waals surface area contributed by atoms with E-state index in [-0.39, 0.29) is 0 Å². The molecule has 0 spiro atoms. The van der Waals surface area contributed by atoms with Crippen molar-refractivity contribution < 1.29 is 35.1 Å². The fraction of sp³-hybridized carbons (Fsp3) is 0.0164. The van der Waals surface area contributed by atoms with E-state index in [0.717, 1.165) is 56.6 Å². The van der Waals surface area contributed by atoms with Crippen LogP contribution in [0.3, 0.4) is 0 Å². The van der Waals surface area contributed by atoms with Crippen molar-refractivity contribution >= 4 is 43.6 Å². The second-order valence-corrected chi connectivity index (χ2v) is 17.4. The van der Waals surface area contributed by atoms with E-state index in [0.29, 0.717) is 43.6 Å². The third-order valence-electron chi connectivity index (χ3n) is 13.3. The predicted octanol–water partition coefficient (Wildman–Crippen LogP) is 17.9. The zero-order valence-electron chi connectivity index (χ0n) is 37.0. The summed E-state index contributed by atoms with van der Waals surface area (Å²) in [6, 6.07) is 60.6. The van der Waals surface area contributed by atoms with E-state index in [1.807, 2.05) is 146 Å². The van der Waals surface area contributed by atoms with Gasteiger partial charge in [-0.25, -0.2) is 22.0 Å². The zero-order chi connectivity index (χ0) is 48.7. The highest BCUT2D eigenvalue weighted by atomic mass is 19.4. The number of hydrogen-bond donors (Lipinski definition) is 0. The molecule has 0 radical (unpaired) electrons. The van der Waals surface area contributed by atoms with Crippen LogP contribution in [0.15, 0.2) is 206 Å². The van der Waals surface area contributed by atoms with Crippen LogP contribution >= 0.6 is 0 Å². The van der Waals surface area contributed by atoms with E-state index in [1.165, 1.54) is 9.13 Å². The molecule has 10 heteroatoms. The maximum Gasteiger partial charge on any atom is 0.416 e. The minimum Gasteiger partial charge on any atom is -0.309 e. The van der Waals surface area contributed by atoms with E-state index < -0.39 is 63.3 Å². The smallest absolute Gasteiger partial charge is 0.309 e. The van der Waals surface area contributed by atoms with Crippen molar-refractivity contribution in [3.05, 3.63) is 241 Å². The Hall–Kier alpha value is -8.76. The predicted molar refractivity (Wildman–Crippen MR) is 267 cm³/mol. The second-order valence-electron chi connectivity index (χ2n) is 17.4. The third kappa shape index (κ3) is 7.16. The van der Waals surface area contributed by atoms with Crippen LogP contribution in [0, 0.1) is 29.1 Å². The summed E-state index contributed by atoms with van der Waals surface area (Å²) in [5.41, 5.74) is 3.42. The highest BCUT2D eigenvalue weighted by molar-refractivity contribution is 6.14. The topological polar surface area (TPSA) is 9.86 Å². The van der Waals surface area contributed by atoms with Gasteiger partial charge in [0.25, 0.3) is 0 Å². The summed E-state index contributed by atoms with van der Waals surface area (Å²) in [4.78, 5) is 0. The molecule has 0 bridgehead atoms. The number of rotatable bonds is 7. The molecule has 2 heterocycles. The maximum atomic E-state index is 16.9. The first kappa shape index (κ1) is 43.5. The van der Waals surface area contributed by atoms with E-state index in [4.69, 9.17) is 0 Å². The molecule has 0 aliphatic heterocycles. The Morgan fingerprint density at radius 2 is 0.535 bits per heavy atom. The molecule has 71 heavy (non-hydrogen) atoms. The quantitative estimate of drug-likeness (QED) is 0.0856. The molecule has 0 N–H and O–H groups in total. The summed E-state index contributed by atoms with van der Waals surface area (Å²) >= 11 is 0. The molecule has 0 saturated heterocycles. The van der Waals surface area contributed by atoms with Crippen LogP contribution in [-0.2, 0) is 6.18 Å². The number of alkyl halides is 3. The van der Waals surface area contributed by atoms with Crippen LogP contribution in [0.5, 0.6) is 0 Å². The highest BCUT2D eigenvalue weighted by Gasteiger charge is 2.37. The molecule has 2 aromatic heterocycles. The monoisotopic (exact) mass is 946 g/mol. The van der Waals surface area contributed by atoms with Gasteiger partial charge in [-0.1, -0.05) is 146 Å². The average Bonchev–Trinajstić information content (AvgIpc) is 3.91. The first-order valence-electron chi connectivity index (χ1n) is 22.6. The van der Waals surface area contributed by atoms with Crippen LogP contribution < -0.4 is 0 Å². The van der Waals surface area contributed by atoms with Crippen LogP contribution in [0.25, 0.3) is 111 Å². The average molecular weight is 947 g/mol. The van der Waals surface area contributed by atoms with Crippen molar-refractivity contribution in [2.45, 2.75) is 6.18 Å². The van der Waals surface area contributed by atoms with Crippen molar-refractivity contribution in [3.63, 3.8) is 0 Å². The van der Waals surface area contributed by atoms with Gasteiger partial charge >= 0.3 is 6.18 Å². The van der Waals surface area contributed by atoms with Crippen LogP contribution in [0.1, 0.15) is 5.56 Å². The molecular weight excluding hydrogens is 913 g/mol. The van der Waals surface area contributed by atoms with Gasteiger partial charge in [-0.15, -0.1) is 0 Å². The molecule has 0 saturated carbocycles. The van der Waals surface area contributed by atoms with Gasteiger partial charge in [-0.2, -0.15) is 13.2 Å². The van der Waals surface area contributed by atoms with E-state index in [2.05, 4.69) is 0 Å². The van der Waals surface area contributed by atoms with Crippen molar-refractivity contribution in [2.24, 2.45) is 0 Å². The van der Waals surface area contributed by atoms with Crippen LogP contribution in [0.2, 0.25) is 0 Å². The van der Waals surface area contributed by atoms with E-state index in [9.17, 15) is 0 Å². The Labute approximate surface area is 400 Å². The number of nitrogens with zero attached hydrogens (tertiary/aromatic N) is 2. The van der Waals surface area contributed by atoms with Gasteiger partial charge < -0.3 is 9.13 Å². The Kier molecular flexibility index (Phi) is 10.3. The minimum absolute atomic E-state index is 0.308. The number of fused-ring (bicyclic) bond motifs is 6. The van der Waals surface area contributed by atoms with Crippen molar-refractivity contribution in [3.8, 4) is 67.0 Å². The fourth-order valence-corrected chi connectivity index (χ4v) is 10.0. The molecule has 344 valence electrons. The Bertz CT molecular complexity index is 3620. The van der Waals surface area contributed by atoms with Gasteiger partial charge in [0, 0.05) is 27.1 Å². The molecule has 0 amide bonds. The minimum atomic E-state index is -5.09. The lowest BCUT2D eigenvalue weighted by molar-refractivity contribution is -0.137. The van der Waals surface area contributed by atoms with E-state index in [1.54, 1.807) is 48.5 Å². The number of halogens is 8. The van der Waals surface area contributed by atoms with Crippen molar-refractivity contribution in [1.82, 2.24) is 9.13 Å². The van der Waals surface area contributed by atoms with Gasteiger partial charge in [-0.3, -0.25) is 0 Å². The maximum absolute atomic E-state index is 16.9. The lowest BCUT2D eigenvalue weighted by Gasteiger charge is -2.23. The SMILES string of the molecule is Fc1c(F)c(F)c(-c2c(-n3c4ccc(-c5ccccc5)cc4c4cc(-c5ccccc5)ccc43)cc(C(F)(F)F)cc2-n2c3ccc(-c4ccccc4)cc3c3cc(-c4ccccc4)ccc32)c(F)c1F. The van der Waals surface area contributed by atoms with Gasteiger partial charge in [0.2, 0.25) is 5.82 Å². The third-order valence-corrected chi connectivity index (χ3v) is 13.3. The highest BCUT2D eigenvalue weighted by Crippen LogP contribution is 2.48. The summed E-state index contributed by atoms with van der Waals surface area (Å²) in [6.07, 6.45) is -5.09. The number of aromatic nitrogens is 2. The molecule has 12 rings (SSSR count). The largest absolute Gasteiger partial charge is 0.416 e. The normalized spacial score (nSPS) is 11.9.